The molecule has 0 saturated heterocycles. The maximum Gasteiger partial charge on any atom is 0.257 e. The zero-order chi connectivity index (χ0) is 24.2. The molecule has 0 aliphatic heterocycles. The van der Waals surface area contributed by atoms with Crippen LogP contribution in [0, 0.1) is 0 Å². The third-order valence-electron chi connectivity index (χ3n) is 6.29. The Morgan fingerprint density at radius 2 is 1.50 bits per heavy atom. The second-order valence-corrected chi connectivity index (χ2v) is 9.92. The first-order valence-corrected chi connectivity index (χ1v) is 13.4. The minimum absolute atomic E-state index is 0.0617. The Labute approximate surface area is 214 Å². The molecular formula is C28H37Cl2N3O. The molecule has 0 aliphatic rings. The van der Waals surface area contributed by atoms with Gasteiger partial charge in [-0.3, -0.25) is 0 Å². The number of nitrogens with two attached hydrogens (primary N) is 1. The maximum absolute atomic E-state index is 6.41. The Hall–Kier alpha value is -1.88. The second kappa shape index (κ2) is 14.5. The molecule has 0 bridgehead atoms. The Morgan fingerprint density at radius 3 is 2.18 bits per heavy atom. The molecule has 6 heteroatoms. The minimum atomic E-state index is -0.0617. The summed E-state index contributed by atoms with van der Waals surface area (Å²) in [6, 6.07) is 13.8. The van der Waals surface area contributed by atoms with Crippen molar-refractivity contribution in [1.29, 1.82) is 0 Å². The number of aryl methyl sites for hydroxylation is 2. The minimum Gasteiger partial charge on any atom is -0.334 e. The van der Waals surface area contributed by atoms with Crippen LogP contribution >= 0.6 is 23.2 Å². The highest BCUT2D eigenvalue weighted by molar-refractivity contribution is 6.42. The van der Waals surface area contributed by atoms with Gasteiger partial charge in [0, 0.05) is 18.0 Å². The number of aromatic nitrogens is 2. The predicted molar refractivity (Wildman–Crippen MR) is 142 cm³/mol. The van der Waals surface area contributed by atoms with Crippen LogP contribution in [-0.4, -0.2) is 10.1 Å². The van der Waals surface area contributed by atoms with E-state index in [1.165, 1.54) is 51.4 Å². The quantitative estimate of drug-likeness (QED) is 0.211. The lowest BCUT2D eigenvalue weighted by Gasteiger charge is -2.12. The van der Waals surface area contributed by atoms with Crippen LogP contribution in [0.25, 0.3) is 11.5 Å². The van der Waals surface area contributed by atoms with Gasteiger partial charge in [-0.1, -0.05) is 105 Å². The monoisotopic (exact) mass is 501 g/mol. The highest BCUT2D eigenvalue weighted by atomic mass is 35.5. The average molecular weight is 503 g/mol. The van der Waals surface area contributed by atoms with Gasteiger partial charge in [0.05, 0.1) is 10.0 Å². The molecule has 1 aromatic heterocycles. The van der Waals surface area contributed by atoms with E-state index in [0.717, 1.165) is 48.2 Å². The van der Waals surface area contributed by atoms with Gasteiger partial charge in [0.15, 0.2) is 5.82 Å². The van der Waals surface area contributed by atoms with E-state index in [4.69, 9.17) is 33.5 Å². The summed E-state index contributed by atoms with van der Waals surface area (Å²) in [7, 11) is 0. The van der Waals surface area contributed by atoms with E-state index in [0.29, 0.717) is 15.9 Å². The number of nitrogens with zero attached hydrogens (tertiary/aromatic N) is 2. The van der Waals surface area contributed by atoms with Crippen molar-refractivity contribution in [2.45, 2.75) is 90.0 Å². The summed E-state index contributed by atoms with van der Waals surface area (Å²) in [6.45, 7) is 2.26. The molecule has 3 aromatic rings. The second-order valence-electron chi connectivity index (χ2n) is 9.11. The third-order valence-corrected chi connectivity index (χ3v) is 7.02. The van der Waals surface area contributed by atoms with Crippen molar-refractivity contribution >= 4 is 23.2 Å². The van der Waals surface area contributed by atoms with Crippen molar-refractivity contribution in [3.05, 3.63) is 69.5 Å². The molecule has 0 fully saturated rings. The number of hydrogen-bond donors (Lipinski definition) is 1. The van der Waals surface area contributed by atoms with Gasteiger partial charge in [0.1, 0.15) is 0 Å². The average Bonchev–Trinajstić information content (AvgIpc) is 3.32. The summed E-state index contributed by atoms with van der Waals surface area (Å²) >= 11 is 12.1. The lowest BCUT2D eigenvalue weighted by atomic mass is 9.99. The normalized spacial score (nSPS) is 12.2. The topological polar surface area (TPSA) is 64.9 Å². The highest BCUT2D eigenvalue weighted by Gasteiger charge is 2.11. The number of halogens is 2. The van der Waals surface area contributed by atoms with E-state index in [2.05, 4.69) is 17.1 Å². The molecule has 0 amide bonds. The molecular weight excluding hydrogens is 465 g/mol. The van der Waals surface area contributed by atoms with Gasteiger partial charge < -0.3 is 10.3 Å². The molecule has 34 heavy (non-hydrogen) atoms. The van der Waals surface area contributed by atoms with Crippen molar-refractivity contribution in [2.24, 2.45) is 5.73 Å². The first kappa shape index (κ1) is 26.7. The van der Waals surface area contributed by atoms with E-state index in [-0.39, 0.29) is 6.04 Å². The fourth-order valence-corrected chi connectivity index (χ4v) is 4.44. The molecule has 2 aromatic carbocycles. The smallest absolute Gasteiger partial charge is 0.257 e. The van der Waals surface area contributed by atoms with E-state index in [1.807, 2.05) is 42.5 Å². The zero-order valence-electron chi connectivity index (χ0n) is 20.2. The maximum atomic E-state index is 6.41. The molecule has 0 radical (unpaired) electrons. The van der Waals surface area contributed by atoms with Gasteiger partial charge in [-0.25, -0.2) is 0 Å². The molecule has 1 unspecified atom stereocenters. The van der Waals surface area contributed by atoms with Crippen molar-refractivity contribution in [3.63, 3.8) is 0 Å². The van der Waals surface area contributed by atoms with Crippen molar-refractivity contribution in [1.82, 2.24) is 10.1 Å². The molecule has 0 spiro atoms. The number of rotatable bonds is 15. The van der Waals surface area contributed by atoms with Crippen molar-refractivity contribution in [3.8, 4) is 11.5 Å². The fraction of sp³-hybridized carbons (Fsp3) is 0.500. The molecule has 4 nitrogen and oxygen atoms in total. The molecule has 0 aliphatic carbocycles. The Balaban J connectivity index is 1.40. The Morgan fingerprint density at radius 1 is 0.824 bits per heavy atom. The molecule has 1 atom stereocenters. The van der Waals surface area contributed by atoms with Crippen LogP contribution in [0.15, 0.2) is 47.0 Å². The Bertz CT molecular complexity index is 988. The van der Waals surface area contributed by atoms with Gasteiger partial charge in [0.25, 0.3) is 5.89 Å². The SMILES string of the molecule is CCCCCCCCCCCc1noc(-c2ccc(C(N)CCc3ccc(Cl)c(Cl)c3)cc2)n1. The largest absolute Gasteiger partial charge is 0.334 e. The molecule has 184 valence electrons. The summed E-state index contributed by atoms with van der Waals surface area (Å²) < 4.78 is 5.49. The van der Waals surface area contributed by atoms with Crippen LogP contribution in [0.5, 0.6) is 0 Å². The number of hydrogen-bond acceptors (Lipinski definition) is 4. The summed E-state index contributed by atoms with van der Waals surface area (Å²) in [5.74, 6) is 1.36. The highest BCUT2D eigenvalue weighted by Crippen LogP contribution is 2.26. The number of unbranched alkanes of at least 4 members (excludes halogenated alkanes) is 8. The van der Waals surface area contributed by atoms with Crippen molar-refractivity contribution < 1.29 is 4.52 Å². The van der Waals surface area contributed by atoms with Gasteiger partial charge in [-0.05, 0) is 54.7 Å². The van der Waals surface area contributed by atoms with E-state index < -0.39 is 0 Å². The lowest BCUT2D eigenvalue weighted by Crippen LogP contribution is -2.11. The van der Waals surface area contributed by atoms with E-state index >= 15 is 0 Å². The van der Waals surface area contributed by atoms with Crippen LogP contribution < -0.4 is 5.73 Å². The van der Waals surface area contributed by atoms with Gasteiger partial charge in [-0.15, -0.1) is 0 Å². The summed E-state index contributed by atoms with van der Waals surface area (Å²) in [6.07, 6.45) is 14.3. The van der Waals surface area contributed by atoms with Gasteiger partial charge in [-0.2, -0.15) is 4.98 Å². The van der Waals surface area contributed by atoms with E-state index in [9.17, 15) is 0 Å². The molecule has 1 heterocycles. The first-order chi connectivity index (χ1) is 16.6. The molecule has 2 N–H and O–H groups in total. The van der Waals surface area contributed by atoms with E-state index in [1.54, 1.807) is 0 Å². The van der Waals surface area contributed by atoms with Crippen LogP contribution in [0.3, 0.4) is 0 Å². The van der Waals surface area contributed by atoms with Crippen LogP contribution in [0.1, 0.15) is 94.1 Å². The fourth-order valence-electron chi connectivity index (χ4n) is 4.12. The van der Waals surface area contributed by atoms with Crippen LogP contribution in [0.2, 0.25) is 10.0 Å². The third kappa shape index (κ3) is 8.72. The first-order valence-electron chi connectivity index (χ1n) is 12.7. The van der Waals surface area contributed by atoms with Crippen LogP contribution in [-0.2, 0) is 12.8 Å². The van der Waals surface area contributed by atoms with Crippen molar-refractivity contribution in [2.75, 3.05) is 0 Å². The summed E-state index contributed by atoms with van der Waals surface area (Å²) in [4.78, 5) is 4.58. The summed E-state index contributed by atoms with van der Waals surface area (Å²) in [5, 5.41) is 5.31. The predicted octanol–water partition coefficient (Wildman–Crippen LogP) is 8.75. The Kier molecular flexibility index (Phi) is 11.4. The molecule has 3 rings (SSSR count). The van der Waals surface area contributed by atoms with Gasteiger partial charge in [0.2, 0.25) is 0 Å². The lowest BCUT2D eigenvalue weighted by molar-refractivity contribution is 0.421. The summed E-state index contributed by atoms with van der Waals surface area (Å²) in [5.41, 5.74) is 9.55. The molecule has 0 saturated carbocycles. The number of benzene rings is 2. The standard InChI is InChI=1S/C28H37Cl2N3O/c1-2-3-4-5-6-7-8-9-10-11-27-32-28(34-33-27)23-16-14-22(15-17-23)26(31)19-13-21-12-18-24(29)25(30)20-21/h12,14-18,20,26H,2-11,13,19,31H2,1H3. The zero-order valence-corrected chi connectivity index (χ0v) is 21.8. The van der Waals surface area contributed by atoms with Crippen LogP contribution in [0.4, 0.5) is 0 Å². The van der Waals surface area contributed by atoms with Gasteiger partial charge >= 0.3 is 0 Å².